The van der Waals surface area contributed by atoms with Gasteiger partial charge in [-0.15, -0.1) is 0 Å². The van der Waals surface area contributed by atoms with E-state index in [4.69, 9.17) is 11.6 Å². The summed E-state index contributed by atoms with van der Waals surface area (Å²) in [6.45, 7) is 2.23. The lowest BCUT2D eigenvalue weighted by molar-refractivity contribution is -0.143. The summed E-state index contributed by atoms with van der Waals surface area (Å²) in [7, 11) is 0. The predicted octanol–water partition coefficient (Wildman–Crippen LogP) is -0.834. The van der Waals surface area contributed by atoms with E-state index in [-0.39, 0.29) is 24.3 Å². The van der Waals surface area contributed by atoms with E-state index in [2.05, 4.69) is 21.3 Å². The van der Waals surface area contributed by atoms with Crippen LogP contribution < -0.4 is 21.3 Å². The molecule has 2 aliphatic heterocycles. The number of carbonyl (C=O) groups excluding carboxylic acids is 5. The Balaban J connectivity index is 2.01. The van der Waals surface area contributed by atoms with Crippen LogP contribution in [0.1, 0.15) is 44.7 Å². The van der Waals surface area contributed by atoms with E-state index in [0.717, 1.165) is 4.90 Å². The zero-order valence-corrected chi connectivity index (χ0v) is 21.8. The van der Waals surface area contributed by atoms with Crippen molar-refractivity contribution in [2.24, 2.45) is 0 Å². The number of nitrogens with one attached hydrogen (secondary N) is 4. The van der Waals surface area contributed by atoms with E-state index in [0.29, 0.717) is 5.56 Å². The molecule has 0 radical (unpaired) electrons. The van der Waals surface area contributed by atoms with Crippen LogP contribution in [0, 0.1) is 0 Å². The van der Waals surface area contributed by atoms with Crippen LogP contribution in [0.2, 0.25) is 0 Å². The van der Waals surface area contributed by atoms with Crippen molar-refractivity contribution in [1.82, 2.24) is 26.2 Å². The summed E-state index contributed by atoms with van der Waals surface area (Å²) >= 11 is 6.15. The Bertz CT molecular complexity index is 1100. The van der Waals surface area contributed by atoms with Crippen LogP contribution in [-0.4, -0.2) is 81.5 Å². The highest BCUT2D eigenvalue weighted by Gasteiger charge is 2.40. The number of carbonyl (C=O) groups is 5. The van der Waals surface area contributed by atoms with Gasteiger partial charge in [0, 0.05) is 17.7 Å². The van der Waals surface area contributed by atoms with Gasteiger partial charge in [0.05, 0.1) is 25.2 Å². The molecule has 12 nitrogen and oxygen atoms in total. The molecule has 1 aromatic rings. The van der Waals surface area contributed by atoms with Crippen molar-refractivity contribution in [2.75, 3.05) is 6.61 Å². The van der Waals surface area contributed by atoms with Crippen LogP contribution in [0.4, 0.5) is 0 Å². The summed E-state index contributed by atoms with van der Waals surface area (Å²) in [5.41, 5.74) is 0.563. The first-order valence-electron chi connectivity index (χ1n) is 12.3. The Morgan fingerprint density at radius 2 is 1.58 bits per heavy atom. The first-order valence-corrected chi connectivity index (χ1v) is 12.7. The third kappa shape index (κ3) is 6.88. The molecule has 0 unspecified atom stereocenters. The van der Waals surface area contributed by atoms with Gasteiger partial charge in [-0.2, -0.15) is 0 Å². The number of aliphatic hydroxyl groups is 2. The summed E-state index contributed by atoms with van der Waals surface area (Å²) < 4.78 is 0. The van der Waals surface area contributed by atoms with Crippen LogP contribution in [0.15, 0.2) is 41.6 Å². The fourth-order valence-corrected chi connectivity index (χ4v) is 4.53. The second-order valence-corrected chi connectivity index (χ2v) is 9.70. The van der Waals surface area contributed by atoms with E-state index < -0.39 is 72.5 Å². The zero-order valence-electron chi connectivity index (χ0n) is 21.0. The Kier molecular flexibility index (Phi) is 9.84. The molecule has 6 atom stereocenters. The molecule has 13 heteroatoms. The molecule has 38 heavy (non-hydrogen) atoms. The number of amides is 5. The summed E-state index contributed by atoms with van der Waals surface area (Å²) in [5.74, 6) is -3.60. The Labute approximate surface area is 224 Å². The van der Waals surface area contributed by atoms with Gasteiger partial charge < -0.3 is 36.4 Å². The van der Waals surface area contributed by atoms with Crippen molar-refractivity contribution < 1.29 is 34.2 Å². The van der Waals surface area contributed by atoms with E-state index in [1.165, 1.54) is 13.1 Å². The minimum absolute atomic E-state index is 0.0323. The third-order valence-electron chi connectivity index (χ3n) is 6.39. The molecule has 0 bridgehead atoms. The molecule has 5 amide bonds. The maximum atomic E-state index is 13.4. The molecule has 6 N–H and O–H groups in total. The van der Waals surface area contributed by atoms with E-state index in [1.807, 2.05) is 0 Å². The van der Waals surface area contributed by atoms with E-state index >= 15 is 0 Å². The van der Waals surface area contributed by atoms with Gasteiger partial charge in [-0.25, -0.2) is 0 Å². The first-order chi connectivity index (χ1) is 18.0. The summed E-state index contributed by atoms with van der Waals surface area (Å²) in [6.07, 6.45) is -0.280. The van der Waals surface area contributed by atoms with Gasteiger partial charge in [-0.3, -0.25) is 24.0 Å². The number of nitrogens with zero attached hydrogens (tertiary/aromatic N) is 1. The summed E-state index contributed by atoms with van der Waals surface area (Å²) in [4.78, 5) is 66.5. The molecule has 3 rings (SSSR count). The number of rotatable bonds is 4. The highest BCUT2D eigenvalue weighted by Crippen LogP contribution is 2.26. The topological polar surface area (TPSA) is 177 Å². The number of aliphatic hydroxyl groups excluding tert-OH is 2. The third-order valence-corrected chi connectivity index (χ3v) is 6.64. The molecule has 2 heterocycles. The molecule has 0 aromatic heterocycles. The van der Waals surface area contributed by atoms with E-state index in [9.17, 15) is 34.2 Å². The number of benzene rings is 1. The predicted molar refractivity (Wildman–Crippen MR) is 136 cm³/mol. The maximum Gasteiger partial charge on any atom is 0.252 e. The van der Waals surface area contributed by atoms with Crippen molar-refractivity contribution in [3.63, 3.8) is 0 Å². The average molecular weight is 550 g/mol. The summed E-state index contributed by atoms with van der Waals surface area (Å²) in [6, 6.07) is 2.67. The largest absolute Gasteiger partial charge is 0.394 e. The van der Waals surface area contributed by atoms with Crippen molar-refractivity contribution >= 4 is 41.1 Å². The molecule has 0 aliphatic carbocycles. The molecule has 206 valence electrons. The van der Waals surface area contributed by atoms with Gasteiger partial charge >= 0.3 is 0 Å². The van der Waals surface area contributed by atoms with Crippen molar-refractivity contribution in [3.05, 3.63) is 47.1 Å². The SMILES string of the molecule is CC[C@@H]1NC(=O)[C@@H]2CC(Cl)=CN2C(=O)[C@H]([C@@H](C)O)NC(=O)C[C@H](c2ccccc2)NC(=O)[C@H](CO)NC1=O. The van der Waals surface area contributed by atoms with Crippen molar-refractivity contribution in [1.29, 1.82) is 0 Å². The second kappa shape index (κ2) is 12.9. The lowest BCUT2D eigenvalue weighted by atomic mass is 10.0. The van der Waals surface area contributed by atoms with Gasteiger partial charge in [0.1, 0.15) is 24.2 Å². The average Bonchev–Trinajstić information content (AvgIpc) is 3.29. The lowest BCUT2D eigenvalue weighted by Gasteiger charge is -2.31. The Morgan fingerprint density at radius 1 is 0.947 bits per heavy atom. The summed E-state index contributed by atoms with van der Waals surface area (Å²) in [5, 5.41) is 30.5. The second-order valence-electron chi connectivity index (χ2n) is 9.22. The molecular weight excluding hydrogens is 518 g/mol. The van der Waals surface area contributed by atoms with Gasteiger partial charge in [0.15, 0.2) is 0 Å². The smallest absolute Gasteiger partial charge is 0.252 e. The van der Waals surface area contributed by atoms with Gasteiger partial charge in [0.2, 0.25) is 23.6 Å². The Morgan fingerprint density at radius 3 is 2.18 bits per heavy atom. The normalized spacial score (nSPS) is 28.4. The van der Waals surface area contributed by atoms with Crippen LogP contribution in [0.5, 0.6) is 0 Å². The van der Waals surface area contributed by atoms with Crippen molar-refractivity contribution in [3.8, 4) is 0 Å². The molecule has 0 saturated carbocycles. The molecular formula is C25H32ClN5O7. The zero-order chi connectivity index (χ0) is 28.0. The molecule has 1 aromatic carbocycles. The molecule has 2 aliphatic rings. The highest BCUT2D eigenvalue weighted by atomic mass is 35.5. The lowest BCUT2D eigenvalue weighted by Crippen LogP contribution is -2.59. The fraction of sp³-hybridized carbons (Fsp3) is 0.480. The number of hydrogen-bond acceptors (Lipinski definition) is 7. The minimum atomic E-state index is -1.42. The monoisotopic (exact) mass is 549 g/mol. The van der Waals surface area contributed by atoms with Gasteiger partial charge in [-0.05, 0) is 18.9 Å². The Hall–Kier alpha value is -3.48. The van der Waals surface area contributed by atoms with Crippen LogP contribution >= 0.6 is 11.6 Å². The van der Waals surface area contributed by atoms with Crippen LogP contribution in [-0.2, 0) is 24.0 Å². The molecule has 1 fully saturated rings. The number of hydrogen-bond donors (Lipinski definition) is 6. The fourth-order valence-electron chi connectivity index (χ4n) is 4.28. The quantitative estimate of drug-likeness (QED) is 0.284. The standard InChI is InChI=1S/C25H32ClN5O7/c1-3-16-22(35)29-18(12-32)23(36)28-17(14-7-5-4-6-8-14)10-20(34)30-21(13(2)33)25(38)31-11-15(26)9-19(31)24(37)27-16/h4-8,11,13,16-19,21,32-33H,3,9-10,12H2,1-2H3,(H,27,37)(H,28,36)(H,29,35)(H,30,34)/t13-,16+,17-,18+,19+,21+/m1/s1. The molecule has 1 saturated heterocycles. The maximum absolute atomic E-state index is 13.4. The van der Waals surface area contributed by atoms with Gasteiger partial charge in [-0.1, -0.05) is 48.9 Å². The van der Waals surface area contributed by atoms with Crippen molar-refractivity contribution in [2.45, 2.75) is 69.4 Å². The highest BCUT2D eigenvalue weighted by molar-refractivity contribution is 6.30. The molecule has 0 spiro atoms. The van der Waals surface area contributed by atoms with Crippen LogP contribution in [0.3, 0.4) is 0 Å². The van der Waals surface area contributed by atoms with Crippen LogP contribution in [0.25, 0.3) is 0 Å². The first kappa shape index (κ1) is 29.1. The number of fused-ring (bicyclic) bond motifs is 1. The van der Waals surface area contributed by atoms with E-state index in [1.54, 1.807) is 37.3 Å². The number of halogens is 1. The van der Waals surface area contributed by atoms with Gasteiger partial charge in [0.25, 0.3) is 5.91 Å². The minimum Gasteiger partial charge on any atom is -0.394 e.